The molecule has 1 amide bonds. The molecule has 0 saturated carbocycles. The summed E-state index contributed by atoms with van der Waals surface area (Å²) >= 11 is 0. The highest BCUT2D eigenvalue weighted by molar-refractivity contribution is 5.81. The molecule has 112 valence electrons. The number of rotatable bonds is 3. The summed E-state index contributed by atoms with van der Waals surface area (Å²) in [6.07, 6.45) is 2.00. The lowest BCUT2D eigenvalue weighted by atomic mass is 10.0. The smallest absolute Gasteiger partial charge is 0.240 e. The zero-order chi connectivity index (χ0) is 14.8. The van der Waals surface area contributed by atoms with Crippen molar-refractivity contribution in [2.75, 3.05) is 6.54 Å². The minimum absolute atomic E-state index is 0.0698. The molecule has 1 aliphatic rings. The Morgan fingerprint density at radius 2 is 2.29 bits per heavy atom. The van der Waals surface area contributed by atoms with E-state index in [1.165, 1.54) is 0 Å². The Balaban J connectivity index is 1.70. The number of carbonyl (C=O) groups excluding carboxylic acids is 1. The van der Waals surface area contributed by atoms with Crippen LogP contribution in [0.2, 0.25) is 0 Å². The molecule has 0 bridgehead atoms. The van der Waals surface area contributed by atoms with Crippen LogP contribution in [0.4, 0.5) is 0 Å². The molecular formula is C16H22N4O. The Bertz CT molecular complexity index is 649. The van der Waals surface area contributed by atoms with Gasteiger partial charge in [-0.2, -0.15) is 0 Å². The van der Waals surface area contributed by atoms with E-state index in [0.717, 1.165) is 36.2 Å². The second-order valence-corrected chi connectivity index (χ2v) is 5.88. The zero-order valence-corrected chi connectivity index (χ0v) is 12.6. The van der Waals surface area contributed by atoms with Crippen molar-refractivity contribution in [1.29, 1.82) is 0 Å². The predicted octanol–water partition coefficient (Wildman–Crippen LogP) is 1.60. The summed E-state index contributed by atoms with van der Waals surface area (Å²) in [5.74, 6) is 0.949. The molecule has 2 atom stereocenters. The van der Waals surface area contributed by atoms with Gasteiger partial charge < -0.3 is 15.2 Å². The maximum atomic E-state index is 12.3. The number of nitrogens with zero attached hydrogens (tertiary/aromatic N) is 2. The van der Waals surface area contributed by atoms with Gasteiger partial charge in [0, 0.05) is 12.1 Å². The van der Waals surface area contributed by atoms with E-state index in [1.54, 1.807) is 0 Å². The first-order valence-electron chi connectivity index (χ1n) is 7.58. The van der Waals surface area contributed by atoms with Gasteiger partial charge in [0.25, 0.3) is 0 Å². The van der Waals surface area contributed by atoms with Gasteiger partial charge in [0.1, 0.15) is 12.4 Å². The van der Waals surface area contributed by atoms with Crippen LogP contribution in [-0.4, -0.2) is 34.1 Å². The summed E-state index contributed by atoms with van der Waals surface area (Å²) in [4.78, 5) is 16.8. The van der Waals surface area contributed by atoms with Gasteiger partial charge in [0.15, 0.2) is 0 Å². The summed E-state index contributed by atoms with van der Waals surface area (Å²) in [5, 5.41) is 6.55. The van der Waals surface area contributed by atoms with Gasteiger partial charge in [0.05, 0.1) is 11.0 Å². The third-order valence-electron chi connectivity index (χ3n) is 4.14. The number of piperidine rings is 1. The summed E-state index contributed by atoms with van der Waals surface area (Å²) in [7, 11) is 0. The van der Waals surface area contributed by atoms with E-state index in [0.29, 0.717) is 12.6 Å². The number of aromatic nitrogens is 2. The minimum atomic E-state index is 0.0698. The Morgan fingerprint density at radius 3 is 3.10 bits per heavy atom. The van der Waals surface area contributed by atoms with E-state index in [2.05, 4.69) is 22.5 Å². The number of fused-ring (bicyclic) bond motifs is 1. The molecule has 1 aliphatic heterocycles. The van der Waals surface area contributed by atoms with Crippen molar-refractivity contribution in [3.05, 3.63) is 30.1 Å². The predicted molar refractivity (Wildman–Crippen MR) is 83.1 cm³/mol. The number of hydrogen-bond acceptors (Lipinski definition) is 3. The molecule has 21 heavy (non-hydrogen) atoms. The molecule has 0 spiro atoms. The molecule has 1 fully saturated rings. The lowest BCUT2D eigenvalue weighted by molar-refractivity contribution is -0.122. The second-order valence-electron chi connectivity index (χ2n) is 5.88. The van der Waals surface area contributed by atoms with Crippen LogP contribution in [0.1, 0.15) is 25.6 Å². The lowest BCUT2D eigenvalue weighted by Gasteiger charge is -2.28. The molecule has 1 aromatic heterocycles. The maximum absolute atomic E-state index is 12.3. The Labute approximate surface area is 124 Å². The van der Waals surface area contributed by atoms with Crippen LogP contribution in [0.25, 0.3) is 11.0 Å². The number of benzene rings is 1. The SMILES string of the molecule is Cc1nc2ccccc2n1CC(=O)NC1CCNC(C)C1. The van der Waals surface area contributed by atoms with Gasteiger partial charge in [-0.3, -0.25) is 4.79 Å². The summed E-state index contributed by atoms with van der Waals surface area (Å²) in [5.41, 5.74) is 1.96. The number of aryl methyl sites for hydroxylation is 1. The average molecular weight is 286 g/mol. The van der Waals surface area contributed by atoms with Crippen molar-refractivity contribution in [1.82, 2.24) is 20.2 Å². The average Bonchev–Trinajstić information content (AvgIpc) is 2.75. The molecule has 2 N–H and O–H groups in total. The van der Waals surface area contributed by atoms with Gasteiger partial charge in [0.2, 0.25) is 5.91 Å². The number of amides is 1. The first-order valence-corrected chi connectivity index (χ1v) is 7.58. The van der Waals surface area contributed by atoms with E-state index in [4.69, 9.17) is 0 Å². The molecule has 3 rings (SSSR count). The van der Waals surface area contributed by atoms with Crippen LogP contribution in [0.3, 0.4) is 0 Å². The molecule has 5 heteroatoms. The molecular weight excluding hydrogens is 264 g/mol. The van der Waals surface area contributed by atoms with Gasteiger partial charge in [-0.15, -0.1) is 0 Å². The molecule has 2 unspecified atom stereocenters. The van der Waals surface area contributed by atoms with Crippen molar-refractivity contribution < 1.29 is 4.79 Å². The van der Waals surface area contributed by atoms with E-state index in [9.17, 15) is 4.79 Å². The Kier molecular flexibility index (Phi) is 3.92. The quantitative estimate of drug-likeness (QED) is 0.901. The fourth-order valence-corrected chi connectivity index (χ4v) is 3.08. The number of hydrogen-bond donors (Lipinski definition) is 2. The van der Waals surface area contributed by atoms with Gasteiger partial charge >= 0.3 is 0 Å². The second kappa shape index (κ2) is 5.85. The summed E-state index contributed by atoms with van der Waals surface area (Å²) in [6.45, 7) is 5.41. The normalized spacial score (nSPS) is 22.4. The van der Waals surface area contributed by atoms with Crippen LogP contribution in [0, 0.1) is 6.92 Å². The van der Waals surface area contributed by atoms with E-state index in [-0.39, 0.29) is 11.9 Å². The van der Waals surface area contributed by atoms with E-state index >= 15 is 0 Å². The number of nitrogens with one attached hydrogen (secondary N) is 2. The number of imidazole rings is 1. The fraction of sp³-hybridized carbons (Fsp3) is 0.500. The number of carbonyl (C=O) groups is 1. The topological polar surface area (TPSA) is 59.0 Å². The van der Waals surface area contributed by atoms with Crippen LogP contribution in [-0.2, 0) is 11.3 Å². The van der Waals surface area contributed by atoms with E-state index < -0.39 is 0 Å². The fourth-order valence-electron chi connectivity index (χ4n) is 3.08. The lowest BCUT2D eigenvalue weighted by Crippen LogP contribution is -2.47. The van der Waals surface area contributed by atoms with Crippen molar-refractivity contribution in [3.63, 3.8) is 0 Å². The Morgan fingerprint density at radius 1 is 1.48 bits per heavy atom. The van der Waals surface area contributed by atoms with Gasteiger partial charge in [-0.05, 0) is 45.4 Å². The molecule has 2 aromatic rings. The highest BCUT2D eigenvalue weighted by Gasteiger charge is 2.20. The maximum Gasteiger partial charge on any atom is 0.240 e. The Hall–Kier alpha value is -1.88. The van der Waals surface area contributed by atoms with Gasteiger partial charge in [-0.1, -0.05) is 12.1 Å². The van der Waals surface area contributed by atoms with Crippen molar-refractivity contribution >= 4 is 16.9 Å². The summed E-state index contributed by atoms with van der Waals surface area (Å²) in [6, 6.07) is 8.69. The minimum Gasteiger partial charge on any atom is -0.352 e. The molecule has 0 aliphatic carbocycles. The molecule has 1 aromatic carbocycles. The first-order chi connectivity index (χ1) is 10.1. The number of para-hydroxylation sites is 2. The molecule has 1 saturated heterocycles. The first kappa shape index (κ1) is 14.1. The summed E-state index contributed by atoms with van der Waals surface area (Å²) < 4.78 is 1.98. The molecule has 5 nitrogen and oxygen atoms in total. The van der Waals surface area contributed by atoms with Crippen molar-refractivity contribution in [2.24, 2.45) is 0 Å². The van der Waals surface area contributed by atoms with Crippen molar-refractivity contribution in [3.8, 4) is 0 Å². The third-order valence-corrected chi connectivity index (χ3v) is 4.14. The standard InChI is InChI=1S/C16H22N4O/c1-11-9-13(7-8-17-11)19-16(21)10-20-12(2)18-14-5-3-4-6-15(14)20/h3-6,11,13,17H,7-10H2,1-2H3,(H,19,21). The monoisotopic (exact) mass is 286 g/mol. The zero-order valence-electron chi connectivity index (χ0n) is 12.6. The third kappa shape index (κ3) is 3.08. The van der Waals surface area contributed by atoms with Crippen molar-refractivity contribution in [2.45, 2.75) is 45.3 Å². The molecule has 2 heterocycles. The van der Waals surface area contributed by atoms with Crippen LogP contribution < -0.4 is 10.6 Å². The van der Waals surface area contributed by atoms with E-state index in [1.807, 2.05) is 35.8 Å². The van der Waals surface area contributed by atoms with Gasteiger partial charge in [-0.25, -0.2) is 4.98 Å². The largest absolute Gasteiger partial charge is 0.352 e. The van der Waals surface area contributed by atoms with Crippen LogP contribution in [0.15, 0.2) is 24.3 Å². The van der Waals surface area contributed by atoms with Crippen LogP contribution in [0.5, 0.6) is 0 Å². The molecule has 0 radical (unpaired) electrons. The highest BCUT2D eigenvalue weighted by Crippen LogP contribution is 2.15. The van der Waals surface area contributed by atoms with Crippen LogP contribution >= 0.6 is 0 Å². The highest BCUT2D eigenvalue weighted by atomic mass is 16.2.